The van der Waals surface area contributed by atoms with Gasteiger partial charge in [0.15, 0.2) is 0 Å². The first-order valence-corrected chi connectivity index (χ1v) is 8.84. The van der Waals surface area contributed by atoms with E-state index in [1.807, 2.05) is 42.5 Å². The van der Waals surface area contributed by atoms with E-state index in [9.17, 15) is 5.11 Å². The van der Waals surface area contributed by atoms with Gasteiger partial charge in [-0.15, -0.1) is 0 Å². The van der Waals surface area contributed by atoms with E-state index in [2.05, 4.69) is 5.01 Å². The SMILES string of the molecule is NC(=S)N(N=C(c1ccccc1)c1ccccc1O)N1CCCCC1. The highest BCUT2D eigenvalue weighted by Gasteiger charge is 2.21. The van der Waals surface area contributed by atoms with Crippen LogP contribution in [0.1, 0.15) is 30.4 Å². The zero-order chi connectivity index (χ0) is 17.6. The van der Waals surface area contributed by atoms with E-state index in [0.29, 0.717) is 11.3 Å². The van der Waals surface area contributed by atoms with Gasteiger partial charge in [-0.25, -0.2) is 0 Å². The molecule has 0 atom stereocenters. The Labute approximate surface area is 153 Å². The van der Waals surface area contributed by atoms with Crippen LogP contribution in [0.3, 0.4) is 0 Å². The largest absolute Gasteiger partial charge is 0.507 e. The molecule has 0 spiro atoms. The number of phenolic OH excluding ortho intramolecular Hbond substituents is 1. The third-order valence-corrected chi connectivity index (χ3v) is 4.36. The summed E-state index contributed by atoms with van der Waals surface area (Å²) in [5, 5.41) is 18.9. The van der Waals surface area contributed by atoms with Gasteiger partial charge < -0.3 is 10.8 Å². The molecule has 0 radical (unpaired) electrons. The Morgan fingerprint density at radius 3 is 2.28 bits per heavy atom. The second kappa shape index (κ2) is 8.09. The normalized spacial score (nSPS) is 15.8. The molecule has 3 rings (SSSR count). The fourth-order valence-corrected chi connectivity index (χ4v) is 3.11. The summed E-state index contributed by atoms with van der Waals surface area (Å²) in [4.78, 5) is 0. The molecule has 0 unspecified atom stereocenters. The first-order chi connectivity index (χ1) is 12.2. The second-order valence-corrected chi connectivity index (χ2v) is 6.39. The zero-order valence-electron chi connectivity index (χ0n) is 14.0. The molecular formula is C19H22N4OS. The van der Waals surface area contributed by atoms with Crippen LogP contribution in [0.4, 0.5) is 0 Å². The van der Waals surface area contributed by atoms with Crippen molar-refractivity contribution in [1.29, 1.82) is 0 Å². The van der Waals surface area contributed by atoms with E-state index in [1.165, 1.54) is 6.42 Å². The summed E-state index contributed by atoms with van der Waals surface area (Å²) < 4.78 is 0. The number of phenols is 1. The van der Waals surface area contributed by atoms with Crippen molar-refractivity contribution in [3.8, 4) is 5.75 Å². The van der Waals surface area contributed by atoms with E-state index in [-0.39, 0.29) is 10.9 Å². The summed E-state index contributed by atoms with van der Waals surface area (Å²) in [6.45, 7) is 1.73. The fraction of sp³-hybridized carbons (Fsp3) is 0.263. The first-order valence-electron chi connectivity index (χ1n) is 8.43. The molecule has 0 bridgehead atoms. The highest BCUT2D eigenvalue weighted by molar-refractivity contribution is 7.80. The summed E-state index contributed by atoms with van der Waals surface area (Å²) in [7, 11) is 0. The monoisotopic (exact) mass is 354 g/mol. The average molecular weight is 354 g/mol. The van der Waals surface area contributed by atoms with Gasteiger partial charge >= 0.3 is 0 Å². The molecule has 0 aromatic heterocycles. The third-order valence-electron chi connectivity index (χ3n) is 4.20. The van der Waals surface area contributed by atoms with Gasteiger partial charge in [0.05, 0.1) is 0 Å². The number of rotatable bonds is 4. The quantitative estimate of drug-likeness (QED) is 0.502. The topological polar surface area (TPSA) is 65.1 Å². The maximum atomic E-state index is 10.3. The number of aromatic hydroxyl groups is 1. The van der Waals surface area contributed by atoms with Crippen LogP contribution in [0.5, 0.6) is 5.75 Å². The van der Waals surface area contributed by atoms with Crippen molar-refractivity contribution in [3.05, 3.63) is 65.7 Å². The molecule has 5 nitrogen and oxygen atoms in total. The lowest BCUT2D eigenvalue weighted by Crippen LogP contribution is -2.48. The van der Waals surface area contributed by atoms with Crippen LogP contribution < -0.4 is 5.73 Å². The van der Waals surface area contributed by atoms with Crippen molar-refractivity contribution in [1.82, 2.24) is 10.1 Å². The summed E-state index contributed by atoms with van der Waals surface area (Å²) >= 11 is 5.24. The van der Waals surface area contributed by atoms with Gasteiger partial charge in [0.1, 0.15) is 11.5 Å². The Morgan fingerprint density at radius 2 is 1.64 bits per heavy atom. The molecular weight excluding hydrogens is 332 g/mol. The molecule has 6 heteroatoms. The summed E-state index contributed by atoms with van der Waals surface area (Å²) in [6.07, 6.45) is 3.38. The van der Waals surface area contributed by atoms with Crippen LogP contribution in [-0.2, 0) is 0 Å². The van der Waals surface area contributed by atoms with Gasteiger partial charge in [-0.1, -0.05) is 48.9 Å². The average Bonchev–Trinajstić information content (AvgIpc) is 2.65. The maximum absolute atomic E-state index is 10.3. The van der Waals surface area contributed by atoms with Crippen molar-refractivity contribution in [3.63, 3.8) is 0 Å². The van der Waals surface area contributed by atoms with Crippen LogP contribution >= 0.6 is 12.2 Å². The molecule has 2 aromatic rings. The van der Waals surface area contributed by atoms with E-state index >= 15 is 0 Å². The summed E-state index contributed by atoms with van der Waals surface area (Å²) in [5.41, 5.74) is 8.13. The van der Waals surface area contributed by atoms with Crippen LogP contribution in [0.25, 0.3) is 0 Å². The van der Waals surface area contributed by atoms with Gasteiger partial charge in [0, 0.05) is 24.2 Å². The minimum Gasteiger partial charge on any atom is -0.507 e. The number of para-hydroxylation sites is 1. The number of nitrogens with two attached hydrogens (primary N) is 1. The smallest absolute Gasteiger partial charge is 0.203 e. The van der Waals surface area contributed by atoms with Gasteiger partial charge in [-0.3, -0.25) is 0 Å². The van der Waals surface area contributed by atoms with E-state index < -0.39 is 0 Å². The van der Waals surface area contributed by atoms with Crippen LogP contribution in [0, 0.1) is 0 Å². The first kappa shape index (κ1) is 17.4. The number of piperidine rings is 1. The van der Waals surface area contributed by atoms with Gasteiger partial charge in [-0.05, 0) is 37.2 Å². The third kappa shape index (κ3) is 4.15. The van der Waals surface area contributed by atoms with E-state index in [0.717, 1.165) is 31.5 Å². The molecule has 1 saturated heterocycles. The van der Waals surface area contributed by atoms with Crippen molar-refractivity contribution >= 4 is 23.0 Å². The Bertz CT molecular complexity index is 757. The Hall–Kier alpha value is -2.44. The fourth-order valence-electron chi connectivity index (χ4n) is 2.95. The van der Waals surface area contributed by atoms with Gasteiger partial charge in [0.2, 0.25) is 5.11 Å². The van der Waals surface area contributed by atoms with Crippen LogP contribution in [0.15, 0.2) is 59.7 Å². The molecule has 1 fully saturated rings. The number of hydrazine groups is 1. The lowest BCUT2D eigenvalue weighted by Gasteiger charge is -2.34. The predicted octanol–water partition coefficient (Wildman–Crippen LogP) is 3.09. The molecule has 2 aromatic carbocycles. The molecule has 3 N–H and O–H groups in total. The molecule has 0 aliphatic carbocycles. The Morgan fingerprint density at radius 1 is 1.00 bits per heavy atom. The van der Waals surface area contributed by atoms with Gasteiger partial charge in [0.25, 0.3) is 0 Å². The molecule has 0 amide bonds. The molecule has 130 valence electrons. The van der Waals surface area contributed by atoms with Crippen molar-refractivity contribution in [2.45, 2.75) is 19.3 Å². The molecule has 0 saturated carbocycles. The predicted molar refractivity (Wildman–Crippen MR) is 104 cm³/mol. The van der Waals surface area contributed by atoms with E-state index in [4.69, 9.17) is 23.1 Å². The number of thiocarbonyl (C=S) groups is 1. The number of hydrogen-bond donors (Lipinski definition) is 2. The van der Waals surface area contributed by atoms with Crippen molar-refractivity contribution < 1.29 is 5.11 Å². The summed E-state index contributed by atoms with van der Waals surface area (Å²) in [6, 6.07) is 16.9. The standard InChI is InChI=1S/C19H22N4OS/c20-19(25)23(22-13-7-2-8-14-22)21-18(15-9-3-1-4-10-15)16-11-5-6-12-17(16)24/h1,3-6,9-12,24H,2,7-8,13-14H2,(H2,20,25). The highest BCUT2D eigenvalue weighted by atomic mass is 32.1. The Kier molecular flexibility index (Phi) is 5.63. The minimum absolute atomic E-state index is 0.173. The molecule has 1 heterocycles. The number of nitrogens with zero attached hydrogens (tertiary/aromatic N) is 3. The number of hydrazone groups is 1. The molecule has 1 aliphatic rings. The highest BCUT2D eigenvalue weighted by Crippen LogP contribution is 2.22. The Balaban J connectivity index is 2.07. The second-order valence-electron chi connectivity index (χ2n) is 5.97. The van der Waals surface area contributed by atoms with E-state index in [1.54, 1.807) is 17.3 Å². The van der Waals surface area contributed by atoms with Crippen LogP contribution in [-0.4, -0.2) is 39.1 Å². The minimum atomic E-state index is 0.173. The lowest BCUT2D eigenvalue weighted by molar-refractivity contribution is 0.0290. The van der Waals surface area contributed by atoms with Crippen LogP contribution in [0.2, 0.25) is 0 Å². The van der Waals surface area contributed by atoms with Crippen molar-refractivity contribution in [2.75, 3.05) is 13.1 Å². The number of benzene rings is 2. The molecule has 25 heavy (non-hydrogen) atoms. The zero-order valence-corrected chi connectivity index (χ0v) is 14.8. The summed E-state index contributed by atoms with van der Waals surface area (Å²) in [5.74, 6) is 0.173. The maximum Gasteiger partial charge on any atom is 0.203 e. The molecule has 1 aliphatic heterocycles. The lowest BCUT2D eigenvalue weighted by atomic mass is 10.0. The van der Waals surface area contributed by atoms with Crippen molar-refractivity contribution in [2.24, 2.45) is 10.8 Å². The number of hydrogen-bond acceptors (Lipinski definition) is 4. The van der Waals surface area contributed by atoms with Gasteiger partial charge in [-0.2, -0.15) is 15.2 Å².